The molecule has 0 bridgehead atoms. The van der Waals surface area contributed by atoms with E-state index in [1.807, 2.05) is 23.6 Å². The Bertz CT molecular complexity index is 744. The predicted molar refractivity (Wildman–Crippen MR) is 92.6 cm³/mol. The molecule has 5 nitrogen and oxygen atoms in total. The molecule has 1 atom stereocenters. The zero-order chi connectivity index (χ0) is 16.2. The van der Waals surface area contributed by atoms with Crippen LogP contribution in [-0.2, 0) is 16.5 Å². The molecule has 1 unspecified atom stereocenters. The fourth-order valence-corrected chi connectivity index (χ4v) is 2.84. The fraction of sp³-hybridized carbons (Fsp3) is 0.267. The van der Waals surface area contributed by atoms with Gasteiger partial charge in [-0.05, 0) is 35.7 Å². The van der Waals surface area contributed by atoms with Crippen molar-refractivity contribution >= 4 is 32.8 Å². The molecule has 1 aromatic carbocycles. The third kappa shape index (κ3) is 4.40. The standard InChI is InChI=1S/C15H19N3O2S2/c1-18(2)22(3,20)17-15(19)12-6-8-13(9-7-12)16-11-14-5-4-10-21-14/h4-10,16H,11H2,1-3H3. The highest BCUT2D eigenvalue weighted by molar-refractivity contribution is 7.90. The largest absolute Gasteiger partial charge is 0.380 e. The quantitative estimate of drug-likeness (QED) is 0.912. The smallest absolute Gasteiger partial charge is 0.286 e. The second kappa shape index (κ2) is 7.04. The number of rotatable bonds is 5. The Balaban J connectivity index is 2.05. The number of anilines is 1. The SMILES string of the molecule is CN(C)S(C)(=O)=NC(=O)c1ccc(NCc2cccs2)cc1. The van der Waals surface area contributed by atoms with E-state index in [0.717, 1.165) is 12.2 Å². The van der Waals surface area contributed by atoms with E-state index >= 15 is 0 Å². The highest BCUT2D eigenvalue weighted by Gasteiger charge is 2.10. The van der Waals surface area contributed by atoms with Crippen LogP contribution in [0, 0.1) is 0 Å². The molecule has 0 fully saturated rings. The molecule has 0 aliphatic heterocycles. The first kappa shape index (κ1) is 16.7. The summed E-state index contributed by atoms with van der Waals surface area (Å²) in [5.41, 5.74) is 1.35. The Hall–Kier alpha value is -1.70. The van der Waals surface area contributed by atoms with Crippen LogP contribution in [0.2, 0.25) is 0 Å². The van der Waals surface area contributed by atoms with E-state index in [1.54, 1.807) is 37.6 Å². The number of nitrogens with zero attached hydrogens (tertiary/aromatic N) is 2. The van der Waals surface area contributed by atoms with Gasteiger partial charge in [-0.25, -0.2) is 8.51 Å². The highest BCUT2D eigenvalue weighted by Crippen LogP contribution is 2.15. The number of thiophene rings is 1. The second-order valence-electron chi connectivity index (χ2n) is 4.98. The molecule has 7 heteroatoms. The van der Waals surface area contributed by atoms with Gasteiger partial charge in [-0.1, -0.05) is 6.07 Å². The van der Waals surface area contributed by atoms with Gasteiger partial charge in [0.1, 0.15) is 9.92 Å². The van der Waals surface area contributed by atoms with Crippen LogP contribution in [0.25, 0.3) is 0 Å². The van der Waals surface area contributed by atoms with E-state index in [2.05, 4.69) is 15.7 Å². The summed E-state index contributed by atoms with van der Waals surface area (Å²) in [5, 5.41) is 5.32. The zero-order valence-electron chi connectivity index (χ0n) is 12.8. The van der Waals surface area contributed by atoms with Gasteiger partial charge in [0.25, 0.3) is 5.91 Å². The maximum Gasteiger partial charge on any atom is 0.286 e. The first-order chi connectivity index (χ1) is 10.4. The lowest BCUT2D eigenvalue weighted by molar-refractivity contribution is 0.100. The predicted octanol–water partition coefficient (Wildman–Crippen LogP) is 3.07. The number of hydrogen-bond acceptors (Lipinski definition) is 4. The molecule has 0 aliphatic rings. The highest BCUT2D eigenvalue weighted by atomic mass is 32.2. The van der Waals surface area contributed by atoms with Gasteiger partial charge in [0.2, 0.25) is 0 Å². The zero-order valence-corrected chi connectivity index (χ0v) is 14.4. The number of amides is 1. The van der Waals surface area contributed by atoms with E-state index in [9.17, 15) is 9.00 Å². The van der Waals surface area contributed by atoms with Crippen LogP contribution in [0.5, 0.6) is 0 Å². The van der Waals surface area contributed by atoms with Gasteiger partial charge >= 0.3 is 0 Å². The van der Waals surface area contributed by atoms with Gasteiger partial charge in [0, 0.05) is 43.0 Å². The van der Waals surface area contributed by atoms with Crippen molar-refractivity contribution in [1.82, 2.24) is 4.31 Å². The minimum absolute atomic E-state index is 0.429. The molecule has 0 radical (unpaired) electrons. The summed E-state index contributed by atoms with van der Waals surface area (Å²) in [4.78, 5) is 13.3. The lowest BCUT2D eigenvalue weighted by Crippen LogP contribution is -2.21. The van der Waals surface area contributed by atoms with Crippen molar-refractivity contribution in [2.45, 2.75) is 6.54 Å². The number of carbonyl (C=O) groups is 1. The molecule has 1 aromatic heterocycles. The van der Waals surface area contributed by atoms with Gasteiger partial charge in [0.05, 0.1) is 0 Å². The third-order valence-corrected chi connectivity index (χ3v) is 5.84. The Labute approximate surface area is 135 Å². The fourth-order valence-electron chi connectivity index (χ4n) is 1.62. The normalized spacial score (nSPS) is 13.6. The van der Waals surface area contributed by atoms with E-state index in [4.69, 9.17) is 0 Å². The first-order valence-corrected chi connectivity index (χ1v) is 9.45. The molecule has 2 aromatic rings. The maximum atomic E-state index is 12.1. The Morgan fingerprint density at radius 3 is 2.50 bits per heavy atom. The summed E-state index contributed by atoms with van der Waals surface area (Å²) >= 11 is 1.69. The van der Waals surface area contributed by atoms with Crippen LogP contribution in [-0.4, -0.2) is 34.8 Å². The van der Waals surface area contributed by atoms with Crippen molar-refractivity contribution in [2.75, 3.05) is 25.7 Å². The summed E-state index contributed by atoms with van der Waals surface area (Å²) < 4.78 is 17.3. The van der Waals surface area contributed by atoms with Crippen LogP contribution in [0.3, 0.4) is 0 Å². The number of nitrogens with one attached hydrogen (secondary N) is 1. The molecule has 0 saturated carbocycles. The average molecular weight is 337 g/mol. The van der Waals surface area contributed by atoms with Gasteiger partial charge in [0.15, 0.2) is 0 Å². The van der Waals surface area contributed by atoms with Crippen molar-refractivity contribution in [3.05, 3.63) is 52.2 Å². The Morgan fingerprint density at radius 2 is 1.95 bits per heavy atom. The van der Waals surface area contributed by atoms with Gasteiger partial charge in [-0.2, -0.15) is 0 Å². The van der Waals surface area contributed by atoms with Crippen LogP contribution in [0.1, 0.15) is 15.2 Å². The van der Waals surface area contributed by atoms with Crippen LogP contribution in [0.15, 0.2) is 46.1 Å². The molecule has 118 valence electrons. The maximum absolute atomic E-state index is 12.1. The van der Waals surface area contributed by atoms with E-state index in [-0.39, 0.29) is 0 Å². The average Bonchev–Trinajstić information content (AvgIpc) is 2.98. The van der Waals surface area contributed by atoms with E-state index < -0.39 is 15.8 Å². The van der Waals surface area contributed by atoms with Gasteiger partial charge in [-0.3, -0.25) is 4.79 Å². The van der Waals surface area contributed by atoms with Crippen molar-refractivity contribution in [3.8, 4) is 0 Å². The second-order valence-corrected chi connectivity index (χ2v) is 8.45. The van der Waals surface area contributed by atoms with Gasteiger partial charge < -0.3 is 5.32 Å². The summed E-state index contributed by atoms with van der Waals surface area (Å²) in [6.07, 6.45) is 1.45. The molecular weight excluding hydrogens is 318 g/mol. The monoisotopic (exact) mass is 337 g/mol. The Morgan fingerprint density at radius 1 is 1.27 bits per heavy atom. The molecule has 0 aliphatic carbocycles. The molecule has 0 spiro atoms. The molecular formula is C15H19N3O2S2. The summed E-state index contributed by atoms with van der Waals surface area (Å²) in [5.74, 6) is -0.467. The number of hydrogen-bond donors (Lipinski definition) is 1. The third-order valence-electron chi connectivity index (χ3n) is 3.11. The minimum atomic E-state index is -2.65. The summed E-state index contributed by atoms with van der Waals surface area (Å²) in [6.45, 7) is 0.749. The van der Waals surface area contributed by atoms with E-state index in [1.165, 1.54) is 15.4 Å². The van der Waals surface area contributed by atoms with Crippen LogP contribution >= 0.6 is 11.3 Å². The lowest BCUT2D eigenvalue weighted by Gasteiger charge is -2.11. The number of benzene rings is 1. The first-order valence-electron chi connectivity index (χ1n) is 6.69. The van der Waals surface area contributed by atoms with E-state index in [0.29, 0.717) is 5.56 Å². The summed E-state index contributed by atoms with van der Waals surface area (Å²) in [7, 11) is 0.620. The van der Waals surface area contributed by atoms with Crippen LogP contribution in [0.4, 0.5) is 5.69 Å². The molecule has 1 heterocycles. The lowest BCUT2D eigenvalue weighted by atomic mass is 10.2. The topological polar surface area (TPSA) is 61.8 Å². The number of carbonyl (C=O) groups excluding carboxylic acids is 1. The van der Waals surface area contributed by atoms with Crippen molar-refractivity contribution < 1.29 is 9.00 Å². The molecule has 22 heavy (non-hydrogen) atoms. The van der Waals surface area contributed by atoms with Crippen molar-refractivity contribution in [1.29, 1.82) is 0 Å². The molecule has 0 saturated heterocycles. The van der Waals surface area contributed by atoms with Gasteiger partial charge in [-0.15, -0.1) is 15.7 Å². The van der Waals surface area contributed by atoms with Crippen molar-refractivity contribution in [2.24, 2.45) is 4.36 Å². The molecule has 2 rings (SSSR count). The minimum Gasteiger partial charge on any atom is -0.380 e. The van der Waals surface area contributed by atoms with Crippen molar-refractivity contribution in [3.63, 3.8) is 0 Å². The summed E-state index contributed by atoms with van der Waals surface area (Å²) in [6, 6.07) is 11.1. The Kier molecular flexibility index (Phi) is 5.33. The molecule has 1 amide bonds. The molecule has 1 N–H and O–H groups in total. The van der Waals surface area contributed by atoms with Crippen LogP contribution < -0.4 is 5.32 Å².